The molecule has 0 fully saturated rings. The van der Waals surface area contributed by atoms with Crippen LogP contribution >= 0.6 is 0 Å². The van der Waals surface area contributed by atoms with Crippen molar-refractivity contribution in [2.45, 2.75) is 11.9 Å². The number of Topliss-reactive ketones (excluding diaryl/α,β-unsaturated/α-hetero) is 1. The second-order valence-corrected chi connectivity index (χ2v) is 4.70. The molecule has 0 saturated heterocycles. The number of carbonyl (C=O) groups is 1. The summed E-state index contributed by atoms with van der Waals surface area (Å²) in [7, 11) is -3.55. The van der Waals surface area contributed by atoms with Gasteiger partial charge in [-0.25, -0.2) is 18.4 Å². The maximum Gasteiger partial charge on any atom is 0.193 e. The van der Waals surface area contributed by atoms with Gasteiger partial charge < -0.3 is 5.73 Å². The van der Waals surface area contributed by atoms with E-state index in [4.69, 9.17) is 5.73 Å². The lowest BCUT2D eigenvalue weighted by molar-refractivity contribution is 0.101. The van der Waals surface area contributed by atoms with Crippen molar-refractivity contribution in [1.29, 1.82) is 0 Å². The molecule has 0 aliphatic rings. The molecule has 1 rings (SSSR count). The van der Waals surface area contributed by atoms with Crippen molar-refractivity contribution in [1.82, 2.24) is 9.97 Å². The Morgan fingerprint density at radius 1 is 1.43 bits per heavy atom. The summed E-state index contributed by atoms with van der Waals surface area (Å²) in [4.78, 5) is 18.2. The van der Waals surface area contributed by atoms with E-state index in [1.807, 2.05) is 0 Å². The topological polar surface area (TPSA) is 103 Å². The Labute approximate surface area is 81.1 Å². The molecule has 76 valence electrons. The number of hydrogen-bond acceptors (Lipinski definition) is 6. The quantitative estimate of drug-likeness (QED) is 0.535. The van der Waals surface area contributed by atoms with Crippen LogP contribution in [0.3, 0.4) is 0 Å². The molecule has 0 aliphatic heterocycles. The van der Waals surface area contributed by atoms with Crippen molar-refractivity contribution in [3.05, 3.63) is 11.9 Å². The van der Waals surface area contributed by atoms with Crippen LogP contribution in [0.25, 0.3) is 0 Å². The third kappa shape index (κ3) is 1.87. The van der Waals surface area contributed by atoms with E-state index >= 15 is 0 Å². The van der Waals surface area contributed by atoms with Gasteiger partial charge in [0.1, 0.15) is 12.1 Å². The summed E-state index contributed by atoms with van der Waals surface area (Å²) in [6, 6.07) is 0. The Bertz CT molecular complexity index is 481. The average molecular weight is 215 g/mol. The fourth-order valence-corrected chi connectivity index (χ4v) is 1.85. The van der Waals surface area contributed by atoms with E-state index < -0.39 is 15.6 Å². The minimum absolute atomic E-state index is 0.118. The fourth-order valence-electron chi connectivity index (χ4n) is 0.994. The van der Waals surface area contributed by atoms with E-state index in [1.165, 1.54) is 6.92 Å². The molecule has 14 heavy (non-hydrogen) atoms. The minimum atomic E-state index is -3.55. The van der Waals surface area contributed by atoms with E-state index in [9.17, 15) is 13.2 Å². The molecule has 0 saturated carbocycles. The van der Waals surface area contributed by atoms with Crippen molar-refractivity contribution in [3.63, 3.8) is 0 Å². The standard InChI is InChI=1S/C7H9N3O3S/c1-4(11)5-6(8)9-3-10-7(5)14(2,12)13/h3H,1-2H3,(H2,8,9,10). The molecule has 0 amide bonds. The van der Waals surface area contributed by atoms with Crippen LogP contribution in [0.1, 0.15) is 17.3 Å². The third-order valence-electron chi connectivity index (χ3n) is 1.55. The summed E-state index contributed by atoms with van der Waals surface area (Å²) in [6.07, 6.45) is 1.97. The van der Waals surface area contributed by atoms with Crippen LogP contribution in [-0.2, 0) is 9.84 Å². The van der Waals surface area contributed by atoms with Crippen LogP contribution in [0.2, 0.25) is 0 Å². The number of nitrogens with zero attached hydrogens (tertiary/aromatic N) is 2. The Kier molecular flexibility index (Phi) is 2.52. The summed E-state index contributed by atoms with van der Waals surface area (Å²) in [5, 5.41) is -0.322. The van der Waals surface area contributed by atoms with Crippen molar-refractivity contribution in [2.24, 2.45) is 0 Å². The van der Waals surface area contributed by atoms with Crippen molar-refractivity contribution in [3.8, 4) is 0 Å². The highest BCUT2D eigenvalue weighted by atomic mass is 32.2. The molecule has 0 spiro atoms. The molecule has 1 heterocycles. The molecule has 2 N–H and O–H groups in total. The fraction of sp³-hybridized carbons (Fsp3) is 0.286. The number of nitrogens with two attached hydrogens (primary N) is 1. The third-order valence-corrected chi connectivity index (χ3v) is 2.56. The maximum absolute atomic E-state index is 11.2. The number of rotatable bonds is 2. The lowest BCUT2D eigenvalue weighted by Gasteiger charge is -2.04. The zero-order valence-corrected chi connectivity index (χ0v) is 8.50. The molecule has 7 heteroatoms. The maximum atomic E-state index is 11.2. The number of anilines is 1. The number of ketones is 1. The summed E-state index contributed by atoms with van der Waals surface area (Å²) >= 11 is 0. The monoisotopic (exact) mass is 215 g/mol. The summed E-state index contributed by atoms with van der Waals surface area (Å²) in [5.74, 6) is -0.587. The van der Waals surface area contributed by atoms with Crippen LogP contribution < -0.4 is 5.73 Å². The van der Waals surface area contributed by atoms with Gasteiger partial charge in [0.15, 0.2) is 20.6 Å². The molecule has 0 radical (unpaired) electrons. The molecular formula is C7H9N3O3S. The first-order valence-electron chi connectivity index (χ1n) is 3.65. The lowest BCUT2D eigenvalue weighted by Crippen LogP contribution is -2.12. The summed E-state index contributed by atoms with van der Waals surface area (Å²) < 4.78 is 22.4. The molecule has 0 unspecified atom stereocenters. The predicted molar refractivity (Wildman–Crippen MR) is 49.6 cm³/mol. The number of nitrogen functional groups attached to an aromatic ring is 1. The molecule has 1 aromatic rings. The number of aromatic nitrogens is 2. The van der Waals surface area contributed by atoms with Gasteiger partial charge in [-0.1, -0.05) is 0 Å². The average Bonchev–Trinajstić information content (AvgIpc) is 2.01. The summed E-state index contributed by atoms with van der Waals surface area (Å²) in [5.41, 5.74) is 5.24. The van der Waals surface area contributed by atoms with Crippen molar-refractivity contribution in [2.75, 3.05) is 12.0 Å². The number of carbonyl (C=O) groups excluding carboxylic acids is 1. The molecule has 0 aromatic carbocycles. The first kappa shape index (κ1) is 10.6. The minimum Gasteiger partial charge on any atom is -0.383 e. The lowest BCUT2D eigenvalue weighted by atomic mass is 10.2. The molecule has 0 atom stereocenters. The zero-order chi connectivity index (χ0) is 10.9. The van der Waals surface area contributed by atoms with E-state index in [2.05, 4.69) is 9.97 Å². The highest BCUT2D eigenvalue weighted by Gasteiger charge is 2.21. The van der Waals surface area contributed by atoms with Gasteiger partial charge in [0, 0.05) is 6.26 Å². The van der Waals surface area contributed by atoms with Crippen LogP contribution in [0.15, 0.2) is 11.4 Å². The van der Waals surface area contributed by atoms with Gasteiger partial charge in [-0.3, -0.25) is 4.79 Å². The van der Waals surface area contributed by atoms with Gasteiger partial charge in [-0.2, -0.15) is 0 Å². The predicted octanol–water partition coefficient (Wildman–Crippen LogP) is -0.335. The zero-order valence-electron chi connectivity index (χ0n) is 7.68. The van der Waals surface area contributed by atoms with Crippen LogP contribution in [-0.4, -0.2) is 30.4 Å². The molecule has 6 nitrogen and oxygen atoms in total. The van der Waals surface area contributed by atoms with Crippen LogP contribution in [0, 0.1) is 0 Å². The van der Waals surface area contributed by atoms with Gasteiger partial charge in [0.2, 0.25) is 0 Å². The number of hydrogen-bond donors (Lipinski definition) is 1. The van der Waals surface area contributed by atoms with Crippen LogP contribution in [0.4, 0.5) is 5.82 Å². The van der Waals surface area contributed by atoms with Gasteiger partial charge >= 0.3 is 0 Å². The highest BCUT2D eigenvalue weighted by Crippen LogP contribution is 2.17. The molecular weight excluding hydrogens is 206 g/mol. The van der Waals surface area contributed by atoms with Crippen molar-refractivity contribution >= 4 is 21.4 Å². The van der Waals surface area contributed by atoms with Crippen LogP contribution in [0.5, 0.6) is 0 Å². The normalized spacial score (nSPS) is 11.3. The largest absolute Gasteiger partial charge is 0.383 e. The van der Waals surface area contributed by atoms with Gasteiger partial charge in [0.25, 0.3) is 0 Å². The SMILES string of the molecule is CC(=O)c1c(N)ncnc1S(C)(=O)=O. The van der Waals surface area contributed by atoms with Gasteiger partial charge in [-0.15, -0.1) is 0 Å². The van der Waals surface area contributed by atoms with Gasteiger partial charge in [0.05, 0.1) is 5.56 Å². The van der Waals surface area contributed by atoms with E-state index in [1.54, 1.807) is 0 Å². The summed E-state index contributed by atoms with van der Waals surface area (Å²) in [6.45, 7) is 1.21. The first-order chi connectivity index (χ1) is 6.34. The molecule has 1 aromatic heterocycles. The Morgan fingerprint density at radius 2 is 2.00 bits per heavy atom. The highest BCUT2D eigenvalue weighted by molar-refractivity contribution is 7.90. The first-order valence-corrected chi connectivity index (χ1v) is 5.54. The number of sulfone groups is 1. The Balaban J connectivity index is 3.61. The Hall–Kier alpha value is -1.50. The van der Waals surface area contributed by atoms with Gasteiger partial charge in [-0.05, 0) is 6.92 Å². The molecule has 0 aliphatic carbocycles. The Morgan fingerprint density at radius 3 is 2.36 bits per heavy atom. The van der Waals surface area contributed by atoms with E-state index in [0.717, 1.165) is 12.6 Å². The smallest absolute Gasteiger partial charge is 0.193 e. The van der Waals surface area contributed by atoms with E-state index in [0.29, 0.717) is 0 Å². The molecule has 0 bridgehead atoms. The second kappa shape index (κ2) is 3.33. The van der Waals surface area contributed by atoms with E-state index in [-0.39, 0.29) is 16.4 Å². The van der Waals surface area contributed by atoms with Crippen molar-refractivity contribution < 1.29 is 13.2 Å². The second-order valence-electron chi connectivity index (χ2n) is 2.77.